The van der Waals surface area contributed by atoms with E-state index >= 15 is 8.78 Å². The second-order valence-corrected chi connectivity index (χ2v) is 15.6. The molecule has 6 atom stereocenters. The number of phenols is 1. The van der Waals surface area contributed by atoms with Gasteiger partial charge < -0.3 is 9.84 Å². The Morgan fingerprint density at radius 3 is 2.06 bits per heavy atom. The van der Waals surface area contributed by atoms with Crippen LogP contribution in [-0.2, 0) is 25.8 Å². The Morgan fingerprint density at radius 1 is 0.846 bits per heavy atom. The third kappa shape index (κ3) is 4.84. The number of anilines is 1. The van der Waals surface area contributed by atoms with Gasteiger partial charge in [-0.1, -0.05) is 48.0 Å². The third-order valence-corrected chi connectivity index (χ3v) is 11.9. The Labute approximate surface area is 303 Å². The maximum absolute atomic E-state index is 15.3. The number of ether oxygens (including phenoxy) is 1. The molecule has 52 heavy (non-hydrogen) atoms. The molecule has 2 saturated heterocycles. The summed E-state index contributed by atoms with van der Waals surface area (Å²) in [5.41, 5.74) is -1.93. The predicted molar refractivity (Wildman–Crippen MR) is 177 cm³/mol. The van der Waals surface area contributed by atoms with Crippen molar-refractivity contribution in [1.29, 1.82) is 0 Å². The summed E-state index contributed by atoms with van der Waals surface area (Å²) >= 11 is 14.3. The number of carbonyl (C=O) groups is 4. The first kappa shape index (κ1) is 35.9. The van der Waals surface area contributed by atoms with Gasteiger partial charge in [-0.05, 0) is 51.2 Å². The molecule has 3 fully saturated rings. The van der Waals surface area contributed by atoms with Crippen molar-refractivity contribution in [2.24, 2.45) is 17.8 Å². The second kappa shape index (κ2) is 12.0. The Hall–Kier alpha value is -4.49. The molecule has 3 aromatic carbocycles. The lowest BCUT2D eigenvalue weighted by atomic mass is 9.56. The molecular formula is C37H29Cl2F5N2O6. The summed E-state index contributed by atoms with van der Waals surface area (Å²) in [6, 6.07) is 13.0. The first-order valence-electron chi connectivity index (χ1n) is 16.2. The number of rotatable bonds is 5. The lowest BCUT2D eigenvalue weighted by Gasteiger charge is -2.50. The van der Waals surface area contributed by atoms with E-state index in [9.17, 15) is 37.5 Å². The number of aromatic hydroxyl groups is 1. The van der Waals surface area contributed by atoms with Crippen molar-refractivity contribution in [3.8, 4) is 11.5 Å². The van der Waals surface area contributed by atoms with Crippen molar-refractivity contribution < 1.29 is 51.0 Å². The Morgan fingerprint density at radius 2 is 1.46 bits per heavy atom. The zero-order chi connectivity index (χ0) is 37.8. The molecule has 3 aromatic rings. The van der Waals surface area contributed by atoms with Crippen LogP contribution in [0.3, 0.4) is 0 Å². The number of alkyl halides is 2. The van der Waals surface area contributed by atoms with Crippen LogP contribution < -0.4 is 9.64 Å². The molecule has 2 aliphatic heterocycles. The summed E-state index contributed by atoms with van der Waals surface area (Å²) in [5, 5.41) is 11.5. The summed E-state index contributed by atoms with van der Waals surface area (Å²) in [5.74, 6) is -21.8. The molecule has 1 saturated carbocycles. The number of hydrogen-bond donors (Lipinski definition) is 1. The fraction of sp³-hybridized carbons (Fsp3) is 0.351. The van der Waals surface area contributed by atoms with E-state index < -0.39 is 110 Å². The molecule has 4 aliphatic rings. The molecule has 4 amide bonds. The van der Waals surface area contributed by atoms with Gasteiger partial charge in [0.1, 0.15) is 23.8 Å². The van der Waals surface area contributed by atoms with Crippen molar-refractivity contribution in [1.82, 2.24) is 4.90 Å². The van der Waals surface area contributed by atoms with Crippen LogP contribution in [0.1, 0.15) is 50.7 Å². The van der Waals surface area contributed by atoms with Crippen molar-refractivity contribution in [2.75, 3.05) is 4.90 Å². The van der Waals surface area contributed by atoms with Crippen molar-refractivity contribution in [2.45, 2.75) is 61.4 Å². The number of fused-ring (bicyclic) bond motifs is 4. The van der Waals surface area contributed by atoms with Crippen molar-refractivity contribution in [3.63, 3.8) is 0 Å². The minimum Gasteiger partial charge on any atom is -0.508 e. The van der Waals surface area contributed by atoms with Crippen molar-refractivity contribution in [3.05, 3.63) is 100 Å². The first-order valence-corrected chi connectivity index (χ1v) is 17.0. The zero-order valence-electron chi connectivity index (χ0n) is 27.7. The van der Waals surface area contributed by atoms with Gasteiger partial charge in [-0.25, -0.2) is 26.9 Å². The molecule has 7 rings (SSSR count). The van der Waals surface area contributed by atoms with Gasteiger partial charge in [0.05, 0.1) is 11.8 Å². The van der Waals surface area contributed by atoms with E-state index in [2.05, 4.69) is 0 Å². The number of likely N-dealkylation sites (tertiary alicyclic amines) is 1. The zero-order valence-corrected chi connectivity index (χ0v) is 29.2. The van der Waals surface area contributed by atoms with Crippen LogP contribution in [0.25, 0.3) is 0 Å². The number of benzene rings is 3. The first-order chi connectivity index (χ1) is 24.4. The van der Waals surface area contributed by atoms with Crippen LogP contribution in [0.15, 0.2) is 60.2 Å². The van der Waals surface area contributed by atoms with Crippen LogP contribution >= 0.6 is 23.2 Å². The average Bonchev–Trinajstić information content (AvgIpc) is 3.45. The molecule has 6 unspecified atom stereocenters. The molecule has 8 nitrogen and oxygen atoms in total. The van der Waals surface area contributed by atoms with E-state index in [4.69, 9.17) is 27.9 Å². The fourth-order valence-electron chi connectivity index (χ4n) is 8.17. The molecule has 0 bridgehead atoms. The minimum atomic E-state index is -2.76. The van der Waals surface area contributed by atoms with E-state index in [0.717, 1.165) is 10.5 Å². The van der Waals surface area contributed by atoms with Gasteiger partial charge in [0.2, 0.25) is 17.6 Å². The molecule has 0 aromatic heterocycles. The topological polar surface area (TPSA) is 104 Å². The van der Waals surface area contributed by atoms with Crippen LogP contribution in [-0.4, -0.2) is 48.9 Å². The van der Waals surface area contributed by atoms with E-state index in [0.29, 0.717) is 0 Å². The fourth-order valence-corrected chi connectivity index (χ4v) is 9.10. The summed E-state index contributed by atoms with van der Waals surface area (Å²) in [6.45, 7) is 5.08. The van der Waals surface area contributed by atoms with Gasteiger partial charge in [0.15, 0.2) is 33.0 Å². The summed E-state index contributed by atoms with van der Waals surface area (Å²) in [7, 11) is 0. The number of imide groups is 2. The van der Waals surface area contributed by atoms with E-state index in [1.165, 1.54) is 18.2 Å². The Kier molecular flexibility index (Phi) is 8.30. The highest BCUT2D eigenvalue weighted by atomic mass is 35.5. The molecule has 272 valence electrons. The molecule has 1 N–H and O–H groups in total. The van der Waals surface area contributed by atoms with Gasteiger partial charge in [0, 0.05) is 23.1 Å². The van der Waals surface area contributed by atoms with Gasteiger partial charge in [-0.3, -0.25) is 24.1 Å². The van der Waals surface area contributed by atoms with Gasteiger partial charge in [-0.2, -0.15) is 0 Å². The summed E-state index contributed by atoms with van der Waals surface area (Å²) in [6.07, 6.45) is 0.898. The van der Waals surface area contributed by atoms with Crippen LogP contribution in [0.4, 0.5) is 27.6 Å². The number of amides is 4. The van der Waals surface area contributed by atoms with Gasteiger partial charge >= 0.3 is 0 Å². The predicted octanol–water partition coefficient (Wildman–Crippen LogP) is 7.03. The summed E-state index contributed by atoms with van der Waals surface area (Å²) < 4.78 is 79.4. The average molecular weight is 764 g/mol. The molecule has 0 radical (unpaired) electrons. The number of phenolic OH excluding ortho intramolecular Hbond substituents is 1. The highest BCUT2D eigenvalue weighted by Gasteiger charge is 2.77. The van der Waals surface area contributed by atoms with Gasteiger partial charge in [-0.15, -0.1) is 23.2 Å². The lowest BCUT2D eigenvalue weighted by Crippen LogP contribution is -2.60. The molecule has 15 heteroatoms. The smallest absolute Gasteiger partial charge is 0.258 e. The molecular weight excluding hydrogens is 734 g/mol. The molecule has 2 heterocycles. The number of allylic oxidation sites excluding steroid dienone is 2. The van der Waals surface area contributed by atoms with Crippen molar-refractivity contribution >= 4 is 52.5 Å². The Bertz CT molecular complexity index is 2100. The number of hydrogen-bond acceptors (Lipinski definition) is 6. The monoisotopic (exact) mass is 762 g/mol. The maximum atomic E-state index is 15.3. The van der Waals surface area contributed by atoms with Crippen LogP contribution in [0.2, 0.25) is 0 Å². The number of carbonyl (C=O) groups excluding carboxylic acids is 4. The number of halogens is 7. The summed E-state index contributed by atoms with van der Waals surface area (Å²) in [4.78, 5) is 51.8. The maximum Gasteiger partial charge on any atom is 0.258 e. The van der Waals surface area contributed by atoms with Gasteiger partial charge in [0.25, 0.3) is 11.8 Å². The van der Waals surface area contributed by atoms with Crippen LogP contribution in [0.5, 0.6) is 11.5 Å². The minimum absolute atomic E-state index is 0.0189. The van der Waals surface area contributed by atoms with E-state index in [1.54, 1.807) is 39.0 Å². The molecule has 0 spiro atoms. The van der Waals surface area contributed by atoms with E-state index in [-0.39, 0.29) is 34.8 Å². The van der Waals surface area contributed by atoms with E-state index in [1.807, 2.05) is 18.2 Å². The Balaban J connectivity index is 1.40. The standard InChI is InChI=1S/C37H29Cl2F5N2O6/c1-35(2,3)46-31(48)20-12-11-18-21(23(20)32(46)49)14-36(38)33(50)45(30-28(43)26(41)25(40)27(42)29(30)44)34(51)37(36,39)24(18)19-10-9-17(13-22(19)47)52-15-16-7-5-4-6-8-16/h4-11,13,20-21,23-24,47H,12,14-15H2,1-3H3. The SMILES string of the molecule is CC(C)(C)N1C(=O)C2CC=C3C(CC4(Cl)C(=O)N(c5c(F)c(F)c(F)c(F)c5F)C(=O)C4(Cl)C3c3ccc(OCc4ccccc4)cc3O)C2C1=O. The lowest BCUT2D eigenvalue weighted by molar-refractivity contribution is -0.145. The second-order valence-electron chi connectivity index (χ2n) is 14.4. The largest absolute Gasteiger partial charge is 0.508 e. The highest BCUT2D eigenvalue weighted by molar-refractivity contribution is 6.58. The third-order valence-electron chi connectivity index (χ3n) is 10.5. The normalized spacial score (nSPS) is 28.5. The molecule has 2 aliphatic carbocycles. The highest BCUT2D eigenvalue weighted by Crippen LogP contribution is 2.67. The number of nitrogens with zero attached hydrogens (tertiary/aromatic N) is 2. The quantitative estimate of drug-likeness (QED) is 0.0748. The van der Waals surface area contributed by atoms with Crippen LogP contribution in [0, 0.1) is 46.8 Å².